The van der Waals surface area contributed by atoms with Gasteiger partial charge in [0.25, 0.3) is 0 Å². The number of hydrogen-bond donors (Lipinski definition) is 0. The van der Waals surface area contributed by atoms with E-state index in [-0.39, 0.29) is 0 Å². The van der Waals surface area contributed by atoms with Crippen LogP contribution in [0, 0.1) is 5.92 Å². The summed E-state index contributed by atoms with van der Waals surface area (Å²) in [6.45, 7) is 5.45. The Bertz CT molecular complexity index is 220. The third kappa shape index (κ3) is 2.66. The second kappa shape index (κ2) is 3.90. The van der Waals surface area contributed by atoms with Crippen LogP contribution in [0.4, 0.5) is 0 Å². The van der Waals surface area contributed by atoms with Crippen LogP contribution < -0.4 is 0 Å². The molecule has 0 aromatic carbocycles. The summed E-state index contributed by atoms with van der Waals surface area (Å²) < 4.78 is 3.03. The summed E-state index contributed by atoms with van der Waals surface area (Å²) in [5, 5.41) is 4.17. The van der Waals surface area contributed by atoms with E-state index in [2.05, 4.69) is 34.9 Å². The van der Waals surface area contributed by atoms with E-state index in [1.165, 1.54) is 6.42 Å². The maximum atomic E-state index is 4.17. The molecule has 0 saturated heterocycles. The van der Waals surface area contributed by atoms with Crippen LogP contribution in [0.5, 0.6) is 0 Å². The van der Waals surface area contributed by atoms with Crippen LogP contribution in [0.2, 0.25) is 0 Å². The normalized spacial score (nSPS) is 13.4. The van der Waals surface area contributed by atoms with Crippen molar-refractivity contribution in [3.05, 3.63) is 16.9 Å². The van der Waals surface area contributed by atoms with E-state index in [9.17, 15) is 0 Å². The van der Waals surface area contributed by atoms with Crippen molar-refractivity contribution in [1.29, 1.82) is 0 Å². The summed E-state index contributed by atoms with van der Waals surface area (Å²) in [5.74, 6) is 0.710. The summed E-state index contributed by atoms with van der Waals surface area (Å²) in [5.41, 5.74) is 0. The zero-order valence-corrected chi connectivity index (χ0v) is 8.50. The van der Waals surface area contributed by atoms with Crippen molar-refractivity contribution < 1.29 is 0 Å². The Labute approximate surface area is 75.7 Å². The maximum Gasteiger partial charge on any atom is 0.0632 e. The molecule has 1 atom stereocenters. The SMILES string of the molecule is CCC(C)Cn1cc(Br)cn1. The summed E-state index contributed by atoms with van der Waals surface area (Å²) >= 11 is 3.36. The third-order valence-corrected chi connectivity index (χ3v) is 2.21. The van der Waals surface area contributed by atoms with E-state index in [0.29, 0.717) is 5.92 Å². The minimum Gasteiger partial charge on any atom is -0.271 e. The van der Waals surface area contributed by atoms with Gasteiger partial charge >= 0.3 is 0 Å². The fourth-order valence-electron chi connectivity index (χ4n) is 0.887. The molecule has 1 aromatic rings. The molecule has 11 heavy (non-hydrogen) atoms. The van der Waals surface area contributed by atoms with Gasteiger partial charge in [-0.25, -0.2) is 0 Å². The molecule has 2 nitrogen and oxygen atoms in total. The van der Waals surface area contributed by atoms with Gasteiger partial charge in [0.1, 0.15) is 0 Å². The molecule has 0 aliphatic carbocycles. The lowest BCUT2D eigenvalue weighted by atomic mass is 10.1. The Morgan fingerprint density at radius 3 is 2.91 bits per heavy atom. The molecule has 0 radical (unpaired) electrons. The minimum absolute atomic E-state index is 0.710. The van der Waals surface area contributed by atoms with Crippen molar-refractivity contribution in [1.82, 2.24) is 9.78 Å². The van der Waals surface area contributed by atoms with Crippen molar-refractivity contribution in [2.24, 2.45) is 5.92 Å². The minimum atomic E-state index is 0.710. The number of rotatable bonds is 3. The Balaban J connectivity index is 2.50. The van der Waals surface area contributed by atoms with Crippen molar-refractivity contribution in [2.45, 2.75) is 26.8 Å². The zero-order chi connectivity index (χ0) is 8.27. The van der Waals surface area contributed by atoms with Crippen molar-refractivity contribution in [3.63, 3.8) is 0 Å². The predicted molar refractivity (Wildman–Crippen MR) is 49.4 cm³/mol. The topological polar surface area (TPSA) is 17.8 Å². The van der Waals surface area contributed by atoms with Gasteiger partial charge in [-0.1, -0.05) is 20.3 Å². The highest BCUT2D eigenvalue weighted by Gasteiger charge is 2.00. The smallest absolute Gasteiger partial charge is 0.0632 e. The monoisotopic (exact) mass is 216 g/mol. The van der Waals surface area contributed by atoms with Crippen LogP contribution in [0.25, 0.3) is 0 Å². The van der Waals surface area contributed by atoms with Gasteiger partial charge in [-0.2, -0.15) is 5.10 Å². The molecule has 1 aromatic heterocycles. The Morgan fingerprint density at radius 1 is 1.73 bits per heavy atom. The molecule has 0 spiro atoms. The lowest BCUT2D eigenvalue weighted by Gasteiger charge is -2.06. The van der Waals surface area contributed by atoms with Gasteiger partial charge in [-0.3, -0.25) is 4.68 Å². The summed E-state index contributed by atoms with van der Waals surface area (Å²) in [7, 11) is 0. The molecule has 3 heteroatoms. The van der Waals surface area contributed by atoms with E-state index in [1.807, 2.05) is 17.1 Å². The average Bonchev–Trinajstić information content (AvgIpc) is 2.35. The van der Waals surface area contributed by atoms with Gasteiger partial charge in [0.05, 0.1) is 10.7 Å². The van der Waals surface area contributed by atoms with Crippen LogP contribution in [-0.4, -0.2) is 9.78 Å². The zero-order valence-electron chi connectivity index (χ0n) is 6.92. The van der Waals surface area contributed by atoms with Crippen molar-refractivity contribution in [2.75, 3.05) is 0 Å². The van der Waals surface area contributed by atoms with E-state index < -0.39 is 0 Å². The van der Waals surface area contributed by atoms with Crippen LogP contribution in [0.3, 0.4) is 0 Å². The van der Waals surface area contributed by atoms with E-state index in [1.54, 1.807) is 0 Å². The van der Waals surface area contributed by atoms with E-state index >= 15 is 0 Å². The average molecular weight is 217 g/mol. The molecular weight excluding hydrogens is 204 g/mol. The highest BCUT2D eigenvalue weighted by molar-refractivity contribution is 9.10. The molecule has 0 aliphatic heterocycles. The number of halogens is 1. The first-order chi connectivity index (χ1) is 5.22. The van der Waals surface area contributed by atoms with Gasteiger partial charge in [-0.05, 0) is 21.8 Å². The first kappa shape index (κ1) is 8.78. The highest BCUT2D eigenvalue weighted by Crippen LogP contribution is 2.09. The molecule has 0 amide bonds. The van der Waals surface area contributed by atoms with Crippen LogP contribution in [0.15, 0.2) is 16.9 Å². The van der Waals surface area contributed by atoms with Gasteiger partial charge in [0.15, 0.2) is 0 Å². The fraction of sp³-hybridized carbons (Fsp3) is 0.625. The van der Waals surface area contributed by atoms with Gasteiger partial charge < -0.3 is 0 Å². The second-order valence-corrected chi connectivity index (χ2v) is 3.81. The van der Waals surface area contributed by atoms with Gasteiger partial charge in [-0.15, -0.1) is 0 Å². The molecular formula is C8H13BrN2. The molecule has 1 heterocycles. The first-order valence-electron chi connectivity index (χ1n) is 3.90. The van der Waals surface area contributed by atoms with E-state index in [0.717, 1.165) is 11.0 Å². The van der Waals surface area contributed by atoms with Gasteiger partial charge in [0, 0.05) is 12.7 Å². The molecule has 0 aliphatic rings. The van der Waals surface area contributed by atoms with Crippen LogP contribution in [0.1, 0.15) is 20.3 Å². The number of aromatic nitrogens is 2. The Morgan fingerprint density at radius 2 is 2.45 bits per heavy atom. The van der Waals surface area contributed by atoms with Crippen LogP contribution >= 0.6 is 15.9 Å². The summed E-state index contributed by atoms with van der Waals surface area (Å²) in [4.78, 5) is 0. The molecule has 0 saturated carbocycles. The van der Waals surface area contributed by atoms with E-state index in [4.69, 9.17) is 0 Å². The highest BCUT2D eigenvalue weighted by atomic mass is 79.9. The lowest BCUT2D eigenvalue weighted by Crippen LogP contribution is -2.06. The molecule has 62 valence electrons. The molecule has 1 unspecified atom stereocenters. The van der Waals surface area contributed by atoms with Gasteiger partial charge in [0.2, 0.25) is 0 Å². The second-order valence-electron chi connectivity index (χ2n) is 2.89. The number of nitrogens with zero attached hydrogens (tertiary/aromatic N) is 2. The Hall–Kier alpha value is -0.310. The molecule has 0 N–H and O–H groups in total. The summed E-state index contributed by atoms with van der Waals surface area (Å²) in [6.07, 6.45) is 5.03. The first-order valence-corrected chi connectivity index (χ1v) is 4.69. The largest absolute Gasteiger partial charge is 0.271 e. The quantitative estimate of drug-likeness (QED) is 0.761. The maximum absolute atomic E-state index is 4.17. The predicted octanol–water partition coefficient (Wildman–Crippen LogP) is 2.69. The standard InChI is InChI=1S/C8H13BrN2/c1-3-7(2)5-11-6-8(9)4-10-11/h4,6-7H,3,5H2,1-2H3. The van der Waals surface area contributed by atoms with Crippen molar-refractivity contribution >= 4 is 15.9 Å². The third-order valence-electron chi connectivity index (χ3n) is 1.80. The summed E-state index contributed by atoms with van der Waals surface area (Å²) in [6, 6.07) is 0. The van der Waals surface area contributed by atoms with Crippen molar-refractivity contribution in [3.8, 4) is 0 Å². The Kier molecular flexibility index (Phi) is 3.12. The molecule has 0 fully saturated rings. The fourth-order valence-corrected chi connectivity index (χ4v) is 1.21. The lowest BCUT2D eigenvalue weighted by molar-refractivity contribution is 0.439. The molecule has 1 rings (SSSR count). The van der Waals surface area contributed by atoms with Crippen LogP contribution in [-0.2, 0) is 6.54 Å². The molecule has 0 bridgehead atoms. The number of hydrogen-bond acceptors (Lipinski definition) is 1.